The molecule has 1 amide bonds. The molecule has 6 heteroatoms. The summed E-state index contributed by atoms with van der Waals surface area (Å²) in [5, 5.41) is 10.2. The summed E-state index contributed by atoms with van der Waals surface area (Å²) in [6, 6.07) is 0.338. The highest BCUT2D eigenvalue weighted by atomic mass is 16.5. The zero-order chi connectivity index (χ0) is 14.8. The van der Waals surface area contributed by atoms with Crippen molar-refractivity contribution in [3.63, 3.8) is 0 Å². The van der Waals surface area contributed by atoms with Gasteiger partial charge in [-0.2, -0.15) is 4.98 Å². The predicted octanol–water partition coefficient (Wildman–Crippen LogP) is 2.05. The van der Waals surface area contributed by atoms with Crippen LogP contribution in [0.5, 0.6) is 0 Å². The van der Waals surface area contributed by atoms with Gasteiger partial charge in [0.2, 0.25) is 5.89 Å². The second kappa shape index (κ2) is 6.13. The van der Waals surface area contributed by atoms with Gasteiger partial charge in [0.1, 0.15) is 0 Å². The van der Waals surface area contributed by atoms with Gasteiger partial charge >= 0.3 is 0 Å². The molecule has 4 atom stereocenters. The molecule has 1 aromatic heterocycles. The quantitative estimate of drug-likeness (QED) is 0.891. The van der Waals surface area contributed by atoms with Gasteiger partial charge < -0.3 is 15.2 Å². The molecule has 1 saturated carbocycles. The first kappa shape index (κ1) is 14.5. The van der Waals surface area contributed by atoms with Crippen LogP contribution in [0.2, 0.25) is 0 Å². The van der Waals surface area contributed by atoms with Crippen molar-refractivity contribution in [3.05, 3.63) is 11.7 Å². The van der Waals surface area contributed by atoms with E-state index in [2.05, 4.69) is 34.6 Å². The van der Waals surface area contributed by atoms with Crippen LogP contribution in [-0.2, 0) is 0 Å². The molecule has 1 aromatic rings. The fraction of sp³-hybridized carbons (Fsp3) is 0.800. The molecule has 2 heterocycles. The van der Waals surface area contributed by atoms with Crippen molar-refractivity contribution in [2.45, 2.75) is 58.0 Å². The number of nitrogens with zero attached hydrogens (tertiary/aromatic N) is 2. The average molecular weight is 292 g/mol. The molecule has 3 rings (SSSR count). The van der Waals surface area contributed by atoms with Gasteiger partial charge in [-0.25, -0.2) is 0 Å². The summed E-state index contributed by atoms with van der Waals surface area (Å²) in [7, 11) is 0. The summed E-state index contributed by atoms with van der Waals surface area (Å²) in [5.41, 5.74) is 0. The Hall–Kier alpha value is -1.43. The van der Waals surface area contributed by atoms with Gasteiger partial charge in [-0.05, 0) is 50.5 Å². The molecule has 1 aliphatic heterocycles. The van der Waals surface area contributed by atoms with Crippen molar-refractivity contribution >= 4 is 5.91 Å². The largest absolute Gasteiger partial charge is 0.346 e. The van der Waals surface area contributed by atoms with Gasteiger partial charge in [0.25, 0.3) is 11.7 Å². The number of hydrogen-bond acceptors (Lipinski definition) is 5. The Labute approximate surface area is 125 Å². The standard InChI is InChI=1S/C15H24N4O2/c1-9-5-6-11(8-10(9)2)17-14(20)13-18-15(21-19-13)12-4-3-7-16-12/h9-12,16H,3-8H2,1-2H3,(H,17,20). The van der Waals surface area contributed by atoms with Crippen LogP contribution in [0.1, 0.15) is 68.5 Å². The lowest BCUT2D eigenvalue weighted by molar-refractivity contribution is 0.0897. The molecular weight excluding hydrogens is 268 g/mol. The Morgan fingerprint density at radius 3 is 2.86 bits per heavy atom. The first-order valence-electron chi connectivity index (χ1n) is 8.01. The van der Waals surface area contributed by atoms with Gasteiger partial charge in [-0.3, -0.25) is 4.79 Å². The number of aromatic nitrogens is 2. The summed E-state index contributed by atoms with van der Waals surface area (Å²) >= 11 is 0. The second-order valence-electron chi connectivity index (χ2n) is 6.54. The fourth-order valence-electron chi connectivity index (χ4n) is 3.29. The molecular formula is C15H24N4O2. The zero-order valence-electron chi connectivity index (χ0n) is 12.8. The number of carbonyl (C=O) groups is 1. The summed E-state index contributed by atoms with van der Waals surface area (Å²) < 4.78 is 5.21. The number of rotatable bonds is 3. The molecule has 21 heavy (non-hydrogen) atoms. The lowest BCUT2D eigenvalue weighted by Crippen LogP contribution is -2.40. The van der Waals surface area contributed by atoms with Gasteiger partial charge in [0, 0.05) is 6.04 Å². The minimum absolute atomic E-state index is 0.106. The molecule has 1 saturated heterocycles. The lowest BCUT2D eigenvalue weighted by atomic mass is 9.79. The van der Waals surface area contributed by atoms with E-state index in [0.29, 0.717) is 11.8 Å². The van der Waals surface area contributed by atoms with Crippen LogP contribution in [0, 0.1) is 11.8 Å². The Morgan fingerprint density at radius 2 is 2.14 bits per heavy atom. The van der Waals surface area contributed by atoms with Crippen molar-refractivity contribution in [2.24, 2.45) is 11.8 Å². The van der Waals surface area contributed by atoms with Gasteiger partial charge in [-0.1, -0.05) is 19.0 Å². The molecule has 4 unspecified atom stereocenters. The van der Waals surface area contributed by atoms with Crippen molar-refractivity contribution in [2.75, 3.05) is 6.54 Å². The van der Waals surface area contributed by atoms with Crippen LogP contribution in [0.3, 0.4) is 0 Å². The van der Waals surface area contributed by atoms with Crippen molar-refractivity contribution in [3.8, 4) is 0 Å². The topological polar surface area (TPSA) is 80.0 Å². The third-order valence-electron chi connectivity index (χ3n) is 4.94. The maximum absolute atomic E-state index is 12.2. The molecule has 6 nitrogen and oxygen atoms in total. The van der Waals surface area contributed by atoms with Crippen LogP contribution in [0.4, 0.5) is 0 Å². The molecule has 0 spiro atoms. The van der Waals surface area contributed by atoms with E-state index in [-0.39, 0.29) is 23.8 Å². The normalized spacial score (nSPS) is 33.0. The van der Waals surface area contributed by atoms with E-state index in [1.165, 1.54) is 0 Å². The van der Waals surface area contributed by atoms with Gasteiger partial charge in [0.05, 0.1) is 6.04 Å². The van der Waals surface area contributed by atoms with E-state index >= 15 is 0 Å². The van der Waals surface area contributed by atoms with E-state index in [4.69, 9.17) is 4.52 Å². The van der Waals surface area contributed by atoms with Crippen molar-refractivity contribution in [1.82, 2.24) is 20.8 Å². The van der Waals surface area contributed by atoms with E-state index in [9.17, 15) is 4.79 Å². The molecule has 2 N–H and O–H groups in total. The first-order valence-corrected chi connectivity index (χ1v) is 8.01. The fourth-order valence-corrected chi connectivity index (χ4v) is 3.29. The monoisotopic (exact) mass is 292 g/mol. The molecule has 0 bridgehead atoms. The van der Waals surface area contributed by atoms with Crippen LogP contribution < -0.4 is 10.6 Å². The number of carbonyl (C=O) groups excluding carboxylic acids is 1. The average Bonchev–Trinajstić information content (AvgIpc) is 3.12. The van der Waals surface area contributed by atoms with E-state index in [1.807, 2.05) is 0 Å². The highest BCUT2D eigenvalue weighted by Gasteiger charge is 2.28. The second-order valence-corrected chi connectivity index (χ2v) is 6.54. The maximum atomic E-state index is 12.2. The minimum Gasteiger partial charge on any atom is -0.346 e. The van der Waals surface area contributed by atoms with Crippen LogP contribution >= 0.6 is 0 Å². The van der Waals surface area contributed by atoms with Gasteiger partial charge in [0.15, 0.2) is 0 Å². The number of nitrogens with one attached hydrogen (secondary N) is 2. The molecule has 116 valence electrons. The SMILES string of the molecule is CC1CCC(NC(=O)c2noc(C3CCCN3)n2)CC1C. The third-order valence-corrected chi connectivity index (χ3v) is 4.94. The van der Waals surface area contributed by atoms with Crippen LogP contribution in [0.15, 0.2) is 4.52 Å². The van der Waals surface area contributed by atoms with Crippen molar-refractivity contribution < 1.29 is 9.32 Å². The zero-order valence-corrected chi connectivity index (χ0v) is 12.8. The molecule has 2 aliphatic rings. The van der Waals surface area contributed by atoms with E-state index in [1.54, 1.807) is 0 Å². The highest BCUT2D eigenvalue weighted by Crippen LogP contribution is 2.29. The number of amides is 1. The molecule has 1 aliphatic carbocycles. The smallest absolute Gasteiger partial charge is 0.292 e. The first-order chi connectivity index (χ1) is 10.1. The van der Waals surface area contributed by atoms with Crippen molar-refractivity contribution in [1.29, 1.82) is 0 Å². The number of hydrogen-bond donors (Lipinski definition) is 2. The minimum atomic E-state index is -0.213. The molecule has 0 aromatic carbocycles. The third kappa shape index (κ3) is 3.26. The summed E-state index contributed by atoms with van der Waals surface area (Å²) in [6.07, 6.45) is 5.32. The summed E-state index contributed by atoms with van der Waals surface area (Å²) in [6.45, 7) is 5.50. The highest BCUT2D eigenvalue weighted by molar-refractivity contribution is 5.90. The summed E-state index contributed by atoms with van der Waals surface area (Å²) in [5.74, 6) is 1.86. The lowest BCUT2D eigenvalue weighted by Gasteiger charge is -2.32. The Balaban J connectivity index is 1.58. The molecule has 0 radical (unpaired) electrons. The van der Waals surface area contributed by atoms with E-state index < -0.39 is 0 Å². The Bertz CT molecular complexity index is 496. The van der Waals surface area contributed by atoms with E-state index in [0.717, 1.165) is 44.6 Å². The van der Waals surface area contributed by atoms with Gasteiger partial charge in [-0.15, -0.1) is 0 Å². The van der Waals surface area contributed by atoms with Crippen LogP contribution in [0.25, 0.3) is 0 Å². The maximum Gasteiger partial charge on any atom is 0.292 e. The Kier molecular flexibility index (Phi) is 4.24. The summed E-state index contributed by atoms with van der Waals surface area (Å²) in [4.78, 5) is 16.5. The Morgan fingerprint density at radius 1 is 1.29 bits per heavy atom. The van der Waals surface area contributed by atoms with Crippen LogP contribution in [-0.4, -0.2) is 28.6 Å². The molecule has 2 fully saturated rings. The predicted molar refractivity (Wildman–Crippen MR) is 77.7 cm³/mol.